The van der Waals surface area contributed by atoms with Crippen LogP contribution in [-0.2, 0) is 0 Å². The Balaban J connectivity index is 2.54. The van der Waals surface area contributed by atoms with Crippen molar-refractivity contribution in [2.45, 2.75) is 40.7 Å². The number of pyridine rings is 1. The second kappa shape index (κ2) is 6.19. The first-order valence-corrected chi connectivity index (χ1v) is 7.27. The average molecular weight is 268 g/mol. The van der Waals surface area contributed by atoms with E-state index in [1.165, 1.54) is 27.8 Å². The lowest BCUT2D eigenvalue weighted by atomic mass is 9.92. The Bertz CT molecular complexity index is 602. The Morgan fingerprint density at radius 2 is 1.70 bits per heavy atom. The minimum Gasteiger partial charge on any atom is -0.305 e. The van der Waals surface area contributed by atoms with Gasteiger partial charge in [-0.2, -0.15) is 0 Å². The molecule has 1 aromatic heterocycles. The fraction of sp³-hybridized carbons (Fsp3) is 0.389. The highest BCUT2D eigenvalue weighted by molar-refractivity contribution is 5.42. The van der Waals surface area contributed by atoms with E-state index >= 15 is 0 Å². The van der Waals surface area contributed by atoms with Crippen molar-refractivity contribution in [1.82, 2.24) is 10.3 Å². The molecule has 2 aromatic rings. The maximum Gasteiger partial charge on any atom is 0.0756 e. The van der Waals surface area contributed by atoms with Gasteiger partial charge in [-0.3, -0.25) is 4.98 Å². The van der Waals surface area contributed by atoms with Crippen molar-refractivity contribution in [2.24, 2.45) is 0 Å². The standard InChI is InChI=1S/C18H24N2/c1-6-19-18(17-12(2)8-7-9-20-17)16-11-14(4)13(3)10-15(16)5/h7-11,18-19H,6H2,1-5H3. The third-order valence-corrected chi connectivity index (χ3v) is 3.92. The number of aryl methyl sites for hydroxylation is 4. The topological polar surface area (TPSA) is 24.9 Å². The van der Waals surface area contributed by atoms with Crippen LogP contribution in [-0.4, -0.2) is 11.5 Å². The van der Waals surface area contributed by atoms with Crippen molar-refractivity contribution in [2.75, 3.05) is 6.54 Å². The van der Waals surface area contributed by atoms with E-state index in [1.54, 1.807) is 0 Å². The van der Waals surface area contributed by atoms with Gasteiger partial charge in [0.1, 0.15) is 0 Å². The third kappa shape index (κ3) is 2.91. The molecule has 0 saturated heterocycles. The van der Waals surface area contributed by atoms with Gasteiger partial charge in [-0.1, -0.05) is 25.1 Å². The summed E-state index contributed by atoms with van der Waals surface area (Å²) in [6.07, 6.45) is 1.88. The minimum absolute atomic E-state index is 0.167. The van der Waals surface area contributed by atoms with Crippen LogP contribution in [0.4, 0.5) is 0 Å². The van der Waals surface area contributed by atoms with Crippen molar-refractivity contribution < 1.29 is 0 Å². The van der Waals surface area contributed by atoms with Crippen molar-refractivity contribution in [3.8, 4) is 0 Å². The van der Waals surface area contributed by atoms with E-state index < -0.39 is 0 Å². The number of rotatable bonds is 4. The SMILES string of the molecule is CCNC(c1cc(C)c(C)cc1C)c1ncccc1C. The first kappa shape index (κ1) is 14.7. The summed E-state index contributed by atoms with van der Waals surface area (Å²) >= 11 is 0. The van der Waals surface area contributed by atoms with E-state index in [0.29, 0.717) is 0 Å². The maximum atomic E-state index is 4.60. The Kier molecular flexibility index (Phi) is 4.56. The lowest BCUT2D eigenvalue weighted by Gasteiger charge is -2.22. The van der Waals surface area contributed by atoms with Gasteiger partial charge >= 0.3 is 0 Å². The highest BCUT2D eigenvalue weighted by Crippen LogP contribution is 2.27. The molecule has 2 rings (SSSR count). The Morgan fingerprint density at radius 3 is 2.35 bits per heavy atom. The molecule has 1 unspecified atom stereocenters. The van der Waals surface area contributed by atoms with Crippen molar-refractivity contribution in [3.05, 3.63) is 64.0 Å². The van der Waals surface area contributed by atoms with Crippen LogP contribution in [0.2, 0.25) is 0 Å². The zero-order valence-electron chi connectivity index (χ0n) is 13.1. The van der Waals surface area contributed by atoms with Crippen molar-refractivity contribution in [1.29, 1.82) is 0 Å². The number of aromatic nitrogens is 1. The van der Waals surface area contributed by atoms with Gasteiger partial charge in [0.25, 0.3) is 0 Å². The van der Waals surface area contributed by atoms with Gasteiger partial charge in [-0.15, -0.1) is 0 Å². The van der Waals surface area contributed by atoms with E-state index in [9.17, 15) is 0 Å². The smallest absolute Gasteiger partial charge is 0.0756 e. The maximum absolute atomic E-state index is 4.60. The number of hydrogen-bond donors (Lipinski definition) is 1. The fourth-order valence-electron chi connectivity index (χ4n) is 2.65. The van der Waals surface area contributed by atoms with E-state index in [4.69, 9.17) is 0 Å². The van der Waals surface area contributed by atoms with Crippen molar-refractivity contribution >= 4 is 0 Å². The Hall–Kier alpha value is -1.67. The van der Waals surface area contributed by atoms with Gasteiger partial charge in [-0.25, -0.2) is 0 Å². The van der Waals surface area contributed by atoms with Crippen LogP contribution in [0.15, 0.2) is 30.5 Å². The van der Waals surface area contributed by atoms with E-state index in [-0.39, 0.29) is 6.04 Å². The van der Waals surface area contributed by atoms with Crippen LogP contribution in [0.3, 0.4) is 0 Å². The van der Waals surface area contributed by atoms with Gasteiger partial charge in [0.2, 0.25) is 0 Å². The molecule has 0 saturated carbocycles. The average Bonchev–Trinajstić information content (AvgIpc) is 2.42. The predicted octanol–water partition coefficient (Wildman–Crippen LogP) is 4.01. The molecule has 1 atom stereocenters. The lowest BCUT2D eigenvalue weighted by molar-refractivity contribution is 0.608. The molecule has 2 heteroatoms. The molecule has 0 aliphatic rings. The molecule has 0 radical (unpaired) electrons. The number of benzene rings is 1. The predicted molar refractivity (Wildman–Crippen MR) is 85.1 cm³/mol. The molecule has 0 aliphatic carbocycles. The lowest BCUT2D eigenvalue weighted by Crippen LogP contribution is -2.24. The van der Waals surface area contributed by atoms with E-state index in [0.717, 1.165) is 12.2 Å². The molecule has 0 fully saturated rings. The molecular formula is C18H24N2. The molecule has 1 N–H and O–H groups in total. The van der Waals surface area contributed by atoms with Crippen LogP contribution >= 0.6 is 0 Å². The van der Waals surface area contributed by atoms with Gasteiger partial charge in [0, 0.05) is 6.20 Å². The van der Waals surface area contributed by atoms with Crippen LogP contribution in [0, 0.1) is 27.7 Å². The minimum atomic E-state index is 0.167. The van der Waals surface area contributed by atoms with Gasteiger partial charge in [-0.05, 0) is 68.1 Å². The molecular weight excluding hydrogens is 244 g/mol. The summed E-state index contributed by atoms with van der Waals surface area (Å²) in [5.74, 6) is 0. The quantitative estimate of drug-likeness (QED) is 0.906. The summed E-state index contributed by atoms with van der Waals surface area (Å²) in [4.78, 5) is 4.60. The van der Waals surface area contributed by atoms with E-state index in [1.807, 2.05) is 12.3 Å². The normalized spacial score (nSPS) is 12.4. The highest BCUT2D eigenvalue weighted by atomic mass is 14.9. The monoisotopic (exact) mass is 268 g/mol. The molecule has 1 aromatic carbocycles. The summed E-state index contributed by atoms with van der Waals surface area (Å²) in [5.41, 5.74) is 7.69. The number of nitrogens with one attached hydrogen (secondary N) is 1. The molecule has 106 valence electrons. The second-order valence-electron chi connectivity index (χ2n) is 5.49. The zero-order chi connectivity index (χ0) is 14.7. The molecule has 2 nitrogen and oxygen atoms in total. The Labute approximate surface area is 122 Å². The molecule has 0 spiro atoms. The van der Waals surface area contributed by atoms with Gasteiger partial charge < -0.3 is 5.32 Å². The highest BCUT2D eigenvalue weighted by Gasteiger charge is 2.18. The summed E-state index contributed by atoms with van der Waals surface area (Å²) in [5, 5.41) is 3.58. The summed E-state index contributed by atoms with van der Waals surface area (Å²) in [7, 11) is 0. The molecule has 0 aliphatic heterocycles. The van der Waals surface area contributed by atoms with Gasteiger partial charge in [0.15, 0.2) is 0 Å². The van der Waals surface area contributed by atoms with Crippen LogP contribution < -0.4 is 5.32 Å². The molecule has 0 bridgehead atoms. The first-order chi connectivity index (χ1) is 9.54. The zero-order valence-corrected chi connectivity index (χ0v) is 13.1. The van der Waals surface area contributed by atoms with Crippen LogP contribution in [0.1, 0.15) is 46.5 Å². The van der Waals surface area contributed by atoms with Crippen molar-refractivity contribution in [3.63, 3.8) is 0 Å². The summed E-state index contributed by atoms with van der Waals surface area (Å²) in [6, 6.07) is 8.86. The van der Waals surface area contributed by atoms with Gasteiger partial charge in [0.05, 0.1) is 11.7 Å². The largest absolute Gasteiger partial charge is 0.305 e. The molecule has 0 amide bonds. The van der Waals surface area contributed by atoms with Crippen LogP contribution in [0.25, 0.3) is 0 Å². The number of hydrogen-bond acceptors (Lipinski definition) is 2. The third-order valence-electron chi connectivity index (χ3n) is 3.92. The second-order valence-corrected chi connectivity index (χ2v) is 5.49. The van der Waals surface area contributed by atoms with Crippen LogP contribution in [0.5, 0.6) is 0 Å². The molecule has 20 heavy (non-hydrogen) atoms. The number of nitrogens with zero attached hydrogens (tertiary/aromatic N) is 1. The fourth-order valence-corrected chi connectivity index (χ4v) is 2.65. The Morgan fingerprint density at radius 1 is 1.00 bits per heavy atom. The summed E-state index contributed by atoms with van der Waals surface area (Å²) < 4.78 is 0. The first-order valence-electron chi connectivity index (χ1n) is 7.27. The van der Waals surface area contributed by atoms with E-state index in [2.05, 4.69) is 63.1 Å². The molecule has 1 heterocycles. The summed E-state index contributed by atoms with van der Waals surface area (Å²) in [6.45, 7) is 11.7.